The van der Waals surface area contributed by atoms with Gasteiger partial charge in [-0.15, -0.1) is 0 Å². The molecule has 0 radical (unpaired) electrons. The molecule has 122 valence electrons. The molecule has 6 nitrogen and oxygen atoms in total. The molecule has 0 saturated carbocycles. The fourth-order valence-corrected chi connectivity index (χ4v) is 1.91. The molecule has 23 heavy (non-hydrogen) atoms. The second-order valence-electron chi connectivity index (χ2n) is 5.04. The SMILES string of the molecule is Cc1ccc(=O)n(CCNC(=O)C(C)Oc2ccc(F)cc2)n1. The first-order valence-corrected chi connectivity index (χ1v) is 7.20. The van der Waals surface area contributed by atoms with E-state index in [0.717, 1.165) is 5.69 Å². The molecule has 1 amide bonds. The maximum atomic E-state index is 12.8. The van der Waals surface area contributed by atoms with Crippen molar-refractivity contribution in [1.82, 2.24) is 15.1 Å². The van der Waals surface area contributed by atoms with Gasteiger partial charge in [-0.3, -0.25) is 9.59 Å². The van der Waals surface area contributed by atoms with Gasteiger partial charge in [-0.2, -0.15) is 5.10 Å². The lowest BCUT2D eigenvalue weighted by atomic mass is 10.3. The number of amides is 1. The molecule has 1 aromatic heterocycles. The second-order valence-corrected chi connectivity index (χ2v) is 5.04. The molecule has 0 aliphatic rings. The monoisotopic (exact) mass is 319 g/mol. The molecule has 0 aliphatic heterocycles. The van der Waals surface area contributed by atoms with Gasteiger partial charge in [0.15, 0.2) is 6.10 Å². The van der Waals surface area contributed by atoms with Crippen molar-refractivity contribution in [2.45, 2.75) is 26.5 Å². The van der Waals surface area contributed by atoms with Crippen LogP contribution in [0.15, 0.2) is 41.2 Å². The van der Waals surface area contributed by atoms with Gasteiger partial charge in [0, 0.05) is 12.6 Å². The van der Waals surface area contributed by atoms with Crippen molar-refractivity contribution in [3.05, 3.63) is 58.3 Å². The van der Waals surface area contributed by atoms with Crippen LogP contribution in [-0.2, 0) is 11.3 Å². The zero-order chi connectivity index (χ0) is 16.8. The smallest absolute Gasteiger partial charge is 0.266 e. The molecule has 0 spiro atoms. The Bertz CT molecular complexity index is 728. The molecule has 2 rings (SSSR count). The molecule has 7 heteroatoms. The molecular formula is C16H18FN3O3. The highest BCUT2D eigenvalue weighted by Gasteiger charge is 2.14. The summed E-state index contributed by atoms with van der Waals surface area (Å²) in [5, 5.41) is 6.75. The van der Waals surface area contributed by atoms with Crippen LogP contribution < -0.4 is 15.6 Å². The van der Waals surface area contributed by atoms with Crippen molar-refractivity contribution in [1.29, 1.82) is 0 Å². The fourth-order valence-electron chi connectivity index (χ4n) is 1.91. The summed E-state index contributed by atoms with van der Waals surface area (Å²) < 4.78 is 19.5. The minimum atomic E-state index is -0.734. The van der Waals surface area contributed by atoms with Gasteiger partial charge < -0.3 is 10.1 Å². The van der Waals surface area contributed by atoms with Crippen LogP contribution in [0, 0.1) is 12.7 Å². The van der Waals surface area contributed by atoms with Crippen LogP contribution >= 0.6 is 0 Å². The van der Waals surface area contributed by atoms with Gasteiger partial charge in [0.05, 0.1) is 12.2 Å². The Labute approximate surface area is 132 Å². The summed E-state index contributed by atoms with van der Waals surface area (Å²) in [5.74, 6) is -0.286. The van der Waals surface area contributed by atoms with Crippen LogP contribution in [0.25, 0.3) is 0 Å². The van der Waals surface area contributed by atoms with E-state index in [0.29, 0.717) is 5.75 Å². The largest absolute Gasteiger partial charge is 0.481 e. The summed E-state index contributed by atoms with van der Waals surface area (Å²) in [6.45, 7) is 3.91. The first-order chi connectivity index (χ1) is 11.0. The van der Waals surface area contributed by atoms with Crippen LogP contribution in [0.5, 0.6) is 5.75 Å². The van der Waals surface area contributed by atoms with Crippen molar-refractivity contribution in [2.75, 3.05) is 6.54 Å². The Morgan fingerprint density at radius 2 is 2.00 bits per heavy atom. The van der Waals surface area contributed by atoms with Gasteiger partial charge in [-0.05, 0) is 44.2 Å². The summed E-state index contributed by atoms with van der Waals surface area (Å²) in [6.07, 6.45) is -0.734. The van der Waals surface area contributed by atoms with Crippen LogP contribution in [0.1, 0.15) is 12.6 Å². The number of rotatable bonds is 6. The van der Waals surface area contributed by atoms with E-state index in [9.17, 15) is 14.0 Å². The van der Waals surface area contributed by atoms with E-state index < -0.39 is 6.10 Å². The molecular weight excluding hydrogens is 301 g/mol. The Hall–Kier alpha value is -2.70. The molecule has 1 unspecified atom stereocenters. The second kappa shape index (κ2) is 7.53. The third kappa shape index (κ3) is 4.91. The van der Waals surface area contributed by atoms with Gasteiger partial charge >= 0.3 is 0 Å². The number of carbonyl (C=O) groups excluding carboxylic acids is 1. The zero-order valence-corrected chi connectivity index (χ0v) is 13.0. The summed E-state index contributed by atoms with van der Waals surface area (Å²) in [4.78, 5) is 23.5. The number of ether oxygens (including phenoxy) is 1. The highest BCUT2D eigenvalue weighted by molar-refractivity contribution is 5.80. The van der Waals surface area contributed by atoms with Gasteiger partial charge in [-0.25, -0.2) is 9.07 Å². The first-order valence-electron chi connectivity index (χ1n) is 7.20. The number of benzene rings is 1. The summed E-state index contributed by atoms with van der Waals surface area (Å²) >= 11 is 0. The quantitative estimate of drug-likeness (QED) is 0.870. The van der Waals surface area contributed by atoms with E-state index in [2.05, 4.69) is 10.4 Å². The normalized spacial score (nSPS) is 11.8. The number of hydrogen-bond donors (Lipinski definition) is 1. The van der Waals surface area contributed by atoms with Crippen molar-refractivity contribution < 1.29 is 13.9 Å². The topological polar surface area (TPSA) is 73.2 Å². The Kier molecular flexibility index (Phi) is 5.46. The minimum Gasteiger partial charge on any atom is -0.481 e. The molecule has 0 fully saturated rings. The number of aryl methyl sites for hydroxylation is 1. The van der Waals surface area contributed by atoms with Gasteiger partial charge in [0.2, 0.25) is 0 Å². The van der Waals surface area contributed by atoms with E-state index >= 15 is 0 Å². The first kappa shape index (κ1) is 16.7. The lowest BCUT2D eigenvalue weighted by Gasteiger charge is -2.15. The van der Waals surface area contributed by atoms with Crippen LogP contribution in [0.2, 0.25) is 0 Å². The molecule has 1 N–H and O–H groups in total. The Morgan fingerprint density at radius 3 is 2.70 bits per heavy atom. The lowest BCUT2D eigenvalue weighted by Crippen LogP contribution is -2.39. The zero-order valence-electron chi connectivity index (χ0n) is 13.0. The molecule has 1 atom stereocenters. The number of hydrogen-bond acceptors (Lipinski definition) is 4. The predicted octanol–water partition coefficient (Wildman–Crippen LogP) is 1.27. The average Bonchev–Trinajstić information content (AvgIpc) is 2.52. The third-order valence-electron chi connectivity index (χ3n) is 3.12. The van der Waals surface area contributed by atoms with Gasteiger partial charge in [0.25, 0.3) is 11.5 Å². The van der Waals surface area contributed by atoms with Crippen molar-refractivity contribution >= 4 is 5.91 Å². The average molecular weight is 319 g/mol. The number of aromatic nitrogens is 2. The van der Waals surface area contributed by atoms with E-state index in [1.54, 1.807) is 19.9 Å². The van der Waals surface area contributed by atoms with E-state index in [1.165, 1.54) is 35.0 Å². The maximum Gasteiger partial charge on any atom is 0.266 e. The summed E-state index contributed by atoms with van der Waals surface area (Å²) in [6, 6.07) is 8.50. The number of nitrogens with one attached hydrogen (secondary N) is 1. The molecule has 1 aromatic carbocycles. The van der Waals surface area contributed by atoms with Crippen molar-refractivity contribution in [3.8, 4) is 5.75 Å². The molecule has 0 bridgehead atoms. The van der Waals surface area contributed by atoms with E-state index in [4.69, 9.17) is 4.74 Å². The number of carbonyl (C=O) groups is 1. The van der Waals surface area contributed by atoms with E-state index in [1.807, 2.05) is 0 Å². The van der Waals surface area contributed by atoms with Crippen LogP contribution in [0.4, 0.5) is 4.39 Å². The number of nitrogens with zero attached hydrogens (tertiary/aromatic N) is 2. The van der Waals surface area contributed by atoms with E-state index in [-0.39, 0.29) is 30.4 Å². The standard InChI is InChI=1S/C16H18FN3O3/c1-11-3-8-15(21)20(19-11)10-9-18-16(22)12(2)23-14-6-4-13(17)5-7-14/h3-8,12H,9-10H2,1-2H3,(H,18,22). The summed E-state index contributed by atoms with van der Waals surface area (Å²) in [7, 11) is 0. The highest BCUT2D eigenvalue weighted by atomic mass is 19.1. The Balaban J connectivity index is 1.83. The molecule has 1 heterocycles. The summed E-state index contributed by atoms with van der Waals surface area (Å²) in [5.41, 5.74) is 0.504. The Morgan fingerprint density at radius 1 is 1.30 bits per heavy atom. The highest BCUT2D eigenvalue weighted by Crippen LogP contribution is 2.12. The van der Waals surface area contributed by atoms with Crippen LogP contribution in [-0.4, -0.2) is 28.3 Å². The molecule has 0 saturated heterocycles. The molecule has 0 aliphatic carbocycles. The third-order valence-corrected chi connectivity index (χ3v) is 3.12. The van der Waals surface area contributed by atoms with Crippen molar-refractivity contribution in [2.24, 2.45) is 0 Å². The van der Waals surface area contributed by atoms with Crippen molar-refractivity contribution in [3.63, 3.8) is 0 Å². The minimum absolute atomic E-state index is 0.222. The van der Waals surface area contributed by atoms with Crippen LogP contribution in [0.3, 0.4) is 0 Å². The predicted molar refractivity (Wildman–Crippen MR) is 82.7 cm³/mol. The van der Waals surface area contributed by atoms with Gasteiger partial charge in [-0.1, -0.05) is 0 Å². The lowest BCUT2D eigenvalue weighted by molar-refractivity contribution is -0.127. The maximum absolute atomic E-state index is 12.8. The number of halogens is 1. The fraction of sp³-hybridized carbons (Fsp3) is 0.312. The molecule has 2 aromatic rings. The van der Waals surface area contributed by atoms with Gasteiger partial charge in [0.1, 0.15) is 11.6 Å².